The van der Waals surface area contributed by atoms with Crippen molar-refractivity contribution in [2.45, 2.75) is 19.4 Å². The fraction of sp³-hybridized carbons (Fsp3) is 0.556. The third-order valence-corrected chi connectivity index (χ3v) is 3.13. The number of aliphatic hydroxyl groups is 1. The minimum absolute atomic E-state index is 0.234. The van der Waals surface area contributed by atoms with Crippen LogP contribution in [0.2, 0.25) is 0 Å². The molecule has 1 aromatic rings. The molecule has 0 radical (unpaired) electrons. The van der Waals surface area contributed by atoms with Gasteiger partial charge in [0.15, 0.2) is 0 Å². The fourth-order valence-electron chi connectivity index (χ4n) is 1.52. The number of aromatic nitrogens is 2. The van der Waals surface area contributed by atoms with Gasteiger partial charge in [-0.3, -0.25) is 0 Å². The van der Waals surface area contributed by atoms with Gasteiger partial charge in [-0.05, 0) is 29.3 Å². The summed E-state index contributed by atoms with van der Waals surface area (Å²) in [6.45, 7) is 3.41. The molecule has 1 atom stereocenters. The monoisotopic (exact) mass is 257 g/mol. The van der Waals surface area contributed by atoms with Crippen LogP contribution in [-0.2, 0) is 0 Å². The van der Waals surface area contributed by atoms with E-state index in [1.165, 1.54) is 0 Å². The number of β-amino-alcohol motifs (C(OH)–C–C–N with tert-alkyl or cyclic N) is 1. The van der Waals surface area contributed by atoms with Gasteiger partial charge in [0.05, 0.1) is 16.3 Å². The zero-order valence-corrected chi connectivity index (χ0v) is 9.53. The first kappa shape index (κ1) is 9.86. The van der Waals surface area contributed by atoms with E-state index in [0.717, 1.165) is 23.1 Å². The second kappa shape index (κ2) is 3.82. The van der Waals surface area contributed by atoms with Crippen LogP contribution in [0.5, 0.6) is 0 Å². The Morgan fingerprint density at radius 2 is 2.43 bits per heavy atom. The summed E-state index contributed by atoms with van der Waals surface area (Å²) in [5, 5.41) is 9.38. The molecule has 1 aliphatic rings. The van der Waals surface area contributed by atoms with Crippen molar-refractivity contribution in [2.75, 3.05) is 18.0 Å². The van der Waals surface area contributed by atoms with E-state index >= 15 is 0 Å². The van der Waals surface area contributed by atoms with Crippen molar-refractivity contribution >= 4 is 21.9 Å². The summed E-state index contributed by atoms with van der Waals surface area (Å²) in [7, 11) is 0. The summed E-state index contributed by atoms with van der Waals surface area (Å²) in [5.41, 5.74) is 0.927. The highest BCUT2D eigenvalue weighted by Crippen LogP contribution is 2.19. The Morgan fingerprint density at radius 1 is 1.64 bits per heavy atom. The highest BCUT2D eigenvalue weighted by molar-refractivity contribution is 9.10. The maximum atomic E-state index is 9.38. The molecule has 1 aromatic heterocycles. The highest BCUT2D eigenvalue weighted by Gasteiger charge is 2.22. The molecule has 4 nitrogen and oxygen atoms in total. The SMILES string of the molecule is Cc1nc(N2CCC(O)C2)ncc1Br. The molecule has 1 saturated heterocycles. The Labute approximate surface area is 91.1 Å². The molecule has 1 unspecified atom stereocenters. The third kappa shape index (κ3) is 1.88. The topological polar surface area (TPSA) is 49.2 Å². The first-order chi connectivity index (χ1) is 6.66. The molecular weight excluding hydrogens is 246 g/mol. The first-order valence-corrected chi connectivity index (χ1v) is 5.38. The fourth-order valence-corrected chi connectivity index (χ4v) is 1.71. The van der Waals surface area contributed by atoms with Gasteiger partial charge in [0.2, 0.25) is 5.95 Å². The summed E-state index contributed by atoms with van der Waals surface area (Å²) in [5.74, 6) is 0.710. The predicted octanol–water partition coefficient (Wildman–Crippen LogP) is 1.12. The molecule has 1 aliphatic heterocycles. The number of anilines is 1. The van der Waals surface area contributed by atoms with Crippen molar-refractivity contribution < 1.29 is 5.11 Å². The van der Waals surface area contributed by atoms with Crippen LogP contribution in [0.1, 0.15) is 12.1 Å². The largest absolute Gasteiger partial charge is 0.391 e. The number of rotatable bonds is 1. The zero-order chi connectivity index (χ0) is 10.1. The van der Waals surface area contributed by atoms with Crippen LogP contribution in [0.3, 0.4) is 0 Å². The van der Waals surface area contributed by atoms with E-state index in [9.17, 15) is 5.11 Å². The second-order valence-electron chi connectivity index (χ2n) is 3.49. The number of aliphatic hydroxyl groups excluding tert-OH is 1. The number of hydrogen-bond acceptors (Lipinski definition) is 4. The molecule has 0 saturated carbocycles. The van der Waals surface area contributed by atoms with Crippen LogP contribution in [0.15, 0.2) is 10.7 Å². The van der Waals surface area contributed by atoms with E-state index in [2.05, 4.69) is 25.9 Å². The predicted molar refractivity (Wildman–Crippen MR) is 57.3 cm³/mol. The average molecular weight is 258 g/mol. The molecule has 2 heterocycles. The van der Waals surface area contributed by atoms with E-state index in [1.807, 2.05) is 11.8 Å². The Balaban J connectivity index is 2.20. The molecule has 2 rings (SSSR count). The van der Waals surface area contributed by atoms with Gasteiger partial charge in [-0.15, -0.1) is 0 Å². The van der Waals surface area contributed by atoms with Gasteiger partial charge in [0.1, 0.15) is 0 Å². The maximum absolute atomic E-state index is 9.38. The van der Waals surface area contributed by atoms with Crippen molar-refractivity contribution in [3.05, 3.63) is 16.4 Å². The van der Waals surface area contributed by atoms with E-state index in [-0.39, 0.29) is 6.10 Å². The second-order valence-corrected chi connectivity index (χ2v) is 4.35. The number of aryl methyl sites for hydroxylation is 1. The summed E-state index contributed by atoms with van der Waals surface area (Å²) in [6.07, 6.45) is 2.32. The Kier molecular flexibility index (Phi) is 2.69. The molecule has 0 bridgehead atoms. The summed E-state index contributed by atoms with van der Waals surface area (Å²) >= 11 is 3.36. The number of hydrogen-bond donors (Lipinski definition) is 1. The van der Waals surface area contributed by atoms with Crippen molar-refractivity contribution in [3.63, 3.8) is 0 Å². The van der Waals surface area contributed by atoms with Crippen molar-refractivity contribution in [1.82, 2.24) is 9.97 Å². The zero-order valence-electron chi connectivity index (χ0n) is 7.94. The highest BCUT2D eigenvalue weighted by atomic mass is 79.9. The molecule has 76 valence electrons. The van der Waals surface area contributed by atoms with Crippen LogP contribution in [0, 0.1) is 6.92 Å². The van der Waals surface area contributed by atoms with Crippen LogP contribution in [0.4, 0.5) is 5.95 Å². The minimum Gasteiger partial charge on any atom is -0.391 e. The quantitative estimate of drug-likeness (QED) is 0.820. The number of halogens is 1. The number of nitrogens with zero attached hydrogens (tertiary/aromatic N) is 3. The summed E-state index contributed by atoms with van der Waals surface area (Å²) < 4.78 is 0.918. The molecular formula is C9H12BrN3O. The van der Waals surface area contributed by atoms with E-state index < -0.39 is 0 Å². The van der Waals surface area contributed by atoms with Crippen molar-refractivity contribution in [3.8, 4) is 0 Å². The van der Waals surface area contributed by atoms with Gasteiger partial charge >= 0.3 is 0 Å². The normalized spacial score (nSPS) is 21.6. The molecule has 1 N–H and O–H groups in total. The lowest BCUT2D eigenvalue weighted by Gasteiger charge is -2.15. The molecule has 1 fully saturated rings. The molecule has 0 aliphatic carbocycles. The van der Waals surface area contributed by atoms with E-state index in [0.29, 0.717) is 12.5 Å². The molecule has 0 amide bonds. The van der Waals surface area contributed by atoms with Crippen LogP contribution >= 0.6 is 15.9 Å². The average Bonchev–Trinajstić information content (AvgIpc) is 2.57. The lowest BCUT2D eigenvalue weighted by atomic mass is 10.3. The molecule has 0 spiro atoms. The van der Waals surface area contributed by atoms with Crippen LogP contribution < -0.4 is 4.90 Å². The van der Waals surface area contributed by atoms with Crippen molar-refractivity contribution in [1.29, 1.82) is 0 Å². The molecule has 5 heteroatoms. The first-order valence-electron chi connectivity index (χ1n) is 4.59. The maximum Gasteiger partial charge on any atom is 0.225 e. The molecule has 14 heavy (non-hydrogen) atoms. The lowest BCUT2D eigenvalue weighted by Crippen LogP contribution is -2.23. The lowest BCUT2D eigenvalue weighted by molar-refractivity contribution is 0.198. The van der Waals surface area contributed by atoms with Crippen LogP contribution in [-0.4, -0.2) is 34.3 Å². The summed E-state index contributed by atoms with van der Waals surface area (Å²) in [6, 6.07) is 0. The van der Waals surface area contributed by atoms with E-state index in [1.54, 1.807) is 6.20 Å². The standard InChI is InChI=1S/C9H12BrN3O/c1-6-8(10)4-11-9(12-6)13-3-2-7(14)5-13/h4,7,14H,2-3,5H2,1H3. The van der Waals surface area contributed by atoms with Gasteiger partial charge in [0.25, 0.3) is 0 Å². The van der Waals surface area contributed by atoms with E-state index in [4.69, 9.17) is 0 Å². The van der Waals surface area contributed by atoms with Gasteiger partial charge in [-0.1, -0.05) is 0 Å². The smallest absolute Gasteiger partial charge is 0.225 e. The Hall–Kier alpha value is -0.680. The third-order valence-electron chi connectivity index (χ3n) is 2.35. The van der Waals surface area contributed by atoms with Gasteiger partial charge in [-0.2, -0.15) is 0 Å². The van der Waals surface area contributed by atoms with Gasteiger partial charge in [-0.25, -0.2) is 9.97 Å². The molecule has 0 aromatic carbocycles. The summed E-state index contributed by atoms with van der Waals surface area (Å²) in [4.78, 5) is 10.6. The van der Waals surface area contributed by atoms with Gasteiger partial charge in [0, 0.05) is 19.3 Å². The Bertz CT molecular complexity index is 345. The van der Waals surface area contributed by atoms with Gasteiger partial charge < -0.3 is 10.0 Å². The van der Waals surface area contributed by atoms with Crippen molar-refractivity contribution in [2.24, 2.45) is 0 Å². The van der Waals surface area contributed by atoms with Crippen LogP contribution in [0.25, 0.3) is 0 Å². The Morgan fingerprint density at radius 3 is 3.00 bits per heavy atom. The minimum atomic E-state index is -0.234.